The van der Waals surface area contributed by atoms with Gasteiger partial charge in [0.15, 0.2) is 0 Å². The molecular formula is C16H14FNO3S. The summed E-state index contributed by atoms with van der Waals surface area (Å²) in [6, 6.07) is 10.4. The Kier molecular flexibility index (Phi) is 3.50. The molecule has 0 aliphatic heterocycles. The highest BCUT2D eigenvalue weighted by molar-refractivity contribution is 7.90. The monoisotopic (exact) mass is 319 g/mol. The zero-order valence-electron chi connectivity index (χ0n) is 11.8. The molecule has 1 N–H and O–H groups in total. The first-order chi connectivity index (χ1) is 10.4. The van der Waals surface area contributed by atoms with Gasteiger partial charge in [0, 0.05) is 11.6 Å². The maximum Gasteiger partial charge on any atom is 0.268 e. The molecule has 0 unspecified atom stereocenters. The highest BCUT2D eigenvalue weighted by atomic mass is 32.2. The summed E-state index contributed by atoms with van der Waals surface area (Å²) in [5, 5.41) is 9.81. The summed E-state index contributed by atoms with van der Waals surface area (Å²) < 4.78 is 40.1. The van der Waals surface area contributed by atoms with Gasteiger partial charge in [0.2, 0.25) is 0 Å². The number of nitrogens with zero attached hydrogens (tertiary/aromatic N) is 1. The van der Waals surface area contributed by atoms with Crippen molar-refractivity contribution in [1.29, 1.82) is 0 Å². The second-order valence-electron chi connectivity index (χ2n) is 5.09. The number of aliphatic hydroxyl groups excluding tert-OH is 1. The molecule has 1 heterocycles. The van der Waals surface area contributed by atoms with Gasteiger partial charge in [0.1, 0.15) is 5.82 Å². The average molecular weight is 319 g/mol. The van der Waals surface area contributed by atoms with E-state index in [1.165, 1.54) is 24.4 Å². The van der Waals surface area contributed by atoms with E-state index in [0.29, 0.717) is 10.9 Å². The van der Waals surface area contributed by atoms with E-state index >= 15 is 0 Å². The van der Waals surface area contributed by atoms with E-state index in [2.05, 4.69) is 0 Å². The number of aromatic nitrogens is 1. The van der Waals surface area contributed by atoms with Crippen LogP contribution in [0.3, 0.4) is 0 Å². The lowest BCUT2D eigenvalue weighted by atomic mass is 10.1. The fourth-order valence-corrected chi connectivity index (χ4v) is 3.76. The number of hydrogen-bond acceptors (Lipinski definition) is 3. The predicted octanol–water partition coefficient (Wildman–Crippen LogP) is 2.82. The molecule has 0 atom stereocenters. The number of fused-ring (bicyclic) bond motifs is 1. The van der Waals surface area contributed by atoms with E-state index in [-0.39, 0.29) is 17.0 Å². The van der Waals surface area contributed by atoms with Crippen molar-refractivity contribution in [3.8, 4) is 0 Å². The quantitative estimate of drug-likeness (QED) is 0.807. The lowest BCUT2D eigenvalue weighted by Crippen LogP contribution is -2.12. The third-order valence-electron chi connectivity index (χ3n) is 3.57. The van der Waals surface area contributed by atoms with Crippen molar-refractivity contribution in [3.63, 3.8) is 0 Å². The van der Waals surface area contributed by atoms with Crippen LogP contribution in [0.25, 0.3) is 10.9 Å². The molecule has 1 aromatic heterocycles. The minimum Gasteiger partial charge on any atom is -0.392 e. The average Bonchev–Trinajstić information content (AvgIpc) is 2.91. The minimum absolute atomic E-state index is 0.130. The predicted molar refractivity (Wildman–Crippen MR) is 81.6 cm³/mol. The molecule has 3 aromatic rings. The first-order valence-corrected chi connectivity index (χ1v) is 8.10. The zero-order valence-corrected chi connectivity index (χ0v) is 12.6. The Bertz CT molecular complexity index is 943. The van der Waals surface area contributed by atoms with Gasteiger partial charge in [-0.05, 0) is 42.8 Å². The fraction of sp³-hybridized carbons (Fsp3) is 0.125. The summed E-state index contributed by atoms with van der Waals surface area (Å²) in [6.07, 6.45) is 1.37. The van der Waals surface area contributed by atoms with Crippen molar-refractivity contribution in [1.82, 2.24) is 3.97 Å². The number of hydrogen-bond donors (Lipinski definition) is 1. The molecular weight excluding hydrogens is 305 g/mol. The molecule has 0 aliphatic carbocycles. The molecule has 0 bridgehead atoms. The van der Waals surface area contributed by atoms with Gasteiger partial charge in [-0.1, -0.05) is 17.7 Å². The normalized spacial score (nSPS) is 12.0. The number of halogens is 1. The van der Waals surface area contributed by atoms with Crippen molar-refractivity contribution >= 4 is 20.9 Å². The summed E-state index contributed by atoms with van der Waals surface area (Å²) >= 11 is 0. The summed E-state index contributed by atoms with van der Waals surface area (Å²) in [5.41, 5.74) is 1.52. The van der Waals surface area contributed by atoms with Gasteiger partial charge in [-0.15, -0.1) is 0 Å². The Balaban J connectivity index is 2.26. The van der Waals surface area contributed by atoms with E-state index in [1.807, 2.05) is 6.92 Å². The van der Waals surface area contributed by atoms with Gasteiger partial charge in [-0.3, -0.25) is 0 Å². The highest BCUT2D eigenvalue weighted by Gasteiger charge is 2.20. The topological polar surface area (TPSA) is 59.3 Å². The van der Waals surface area contributed by atoms with Crippen LogP contribution in [0.4, 0.5) is 4.39 Å². The van der Waals surface area contributed by atoms with E-state index in [4.69, 9.17) is 0 Å². The second kappa shape index (κ2) is 5.23. The molecule has 0 amide bonds. The van der Waals surface area contributed by atoms with Crippen LogP contribution < -0.4 is 0 Å². The summed E-state index contributed by atoms with van der Waals surface area (Å²) in [6.45, 7) is 1.51. The lowest BCUT2D eigenvalue weighted by Gasteiger charge is -2.09. The summed E-state index contributed by atoms with van der Waals surface area (Å²) in [7, 11) is -3.81. The Morgan fingerprint density at radius 1 is 1.14 bits per heavy atom. The minimum atomic E-state index is -3.81. The first kappa shape index (κ1) is 14.7. The van der Waals surface area contributed by atoms with E-state index in [9.17, 15) is 17.9 Å². The molecule has 0 radical (unpaired) electrons. The third kappa shape index (κ3) is 2.30. The van der Waals surface area contributed by atoms with Crippen molar-refractivity contribution in [2.24, 2.45) is 0 Å². The lowest BCUT2D eigenvalue weighted by molar-refractivity contribution is 0.283. The molecule has 0 saturated carbocycles. The SMILES string of the molecule is Cc1ccc(S(=O)(=O)n2ccc3c(CO)cc(F)cc32)cc1. The molecule has 0 aliphatic rings. The third-order valence-corrected chi connectivity index (χ3v) is 5.27. The van der Waals surface area contributed by atoms with E-state index in [0.717, 1.165) is 15.6 Å². The Morgan fingerprint density at radius 3 is 2.45 bits per heavy atom. The number of benzene rings is 2. The first-order valence-electron chi connectivity index (χ1n) is 6.66. The standard InChI is InChI=1S/C16H14FNO3S/c1-11-2-4-14(5-3-11)22(20,21)18-7-6-15-12(10-19)8-13(17)9-16(15)18/h2-9,19H,10H2,1H3. The van der Waals surface area contributed by atoms with Crippen LogP contribution in [-0.4, -0.2) is 17.5 Å². The summed E-state index contributed by atoms with van der Waals surface area (Å²) in [5.74, 6) is -0.587. The van der Waals surface area contributed by atoms with Gasteiger partial charge in [0.25, 0.3) is 10.0 Å². The molecule has 22 heavy (non-hydrogen) atoms. The zero-order chi connectivity index (χ0) is 15.9. The van der Waals surface area contributed by atoms with Crippen LogP contribution in [-0.2, 0) is 16.6 Å². The van der Waals surface area contributed by atoms with E-state index in [1.54, 1.807) is 18.2 Å². The van der Waals surface area contributed by atoms with Crippen LogP contribution in [0.5, 0.6) is 0 Å². The van der Waals surface area contributed by atoms with Gasteiger partial charge >= 0.3 is 0 Å². The van der Waals surface area contributed by atoms with E-state index < -0.39 is 15.8 Å². The fourth-order valence-electron chi connectivity index (χ4n) is 2.42. The van der Waals surface area contributed by atoms with Gasteiger partial charge < -0.3 is 5.11 Å². The van der Waals surface area contributed by atoms with Crippen LogP contribution >= 0.6 is 0 Å². The van der Waals surface area contributed by atoms with Gasteiger partial charge in [-0.25, -0.2) is 16.8 Å². The van der Waals surface area contributed by atoms with Crippen LogP contribution in [0.2, 0.25) is 0 Å². The number of aryl methyl sites for hydroxylation is 1. The Hall–Kier alpha value is -2.18. The molecule has 0 fully saturated rings. The smallest absolute Gasteiger partial charge is 0.268 e. The van der Waals surface area contributed by atoms with Crippen LogP contribution in [0.1, 0.15) is 11.1 Å². The largest absolute Gasteiger partial charge is 0.392 e. The maximum atomic E-state index is 13.7. The van der Waals surface area contributed by atoms with Crippen molar-refractivity contribution < 1.29 is 17.9 Å². The molecule has 0 saturated heterocycles. The molecule has 3 rings (SSSR count). The van der Waals surface area contributed by atoms with Crippen molar-refractivity contribution in [2.75, 3.05) is 0 Å². The van der Waals surface area contributed by atoms with Crippen LogP contribution in [0, 0.1) is 12.7 Å². The maximum absolute atomic E-state index is 13.7. The number of rotatable bonds is 3. The van der Waals surface area contributed by atoms with Crippen molar-refractivity contribution in [3.05, 3.63) is 65.6 Å². The molecule has 2 aromatic carbocycles. The van der Waals surface area contributed by atoms with Crippen molar-refractivity contribution in [2.45, 2.75) is 18.4 Å². The van der Waals surface area contributed by atoms with Crippen LogP contribution in [0.15, 0.2) is 53.6 Å². The number of aliphatic hydroxyl groups is 1. The second-order valence-corrected chi connectivity index (χ2v) is 6.90. The Labute approximate surface area is 127 Å². The molecule has 114 valence electrons. The summed E-state index contributed by atoms with van der Waals surface area (Å²) in [4.78, 5) is 0.130. The molecule has 4 nitrogen and oxygen atoms in total. The van der Waals surface area contributed by atoms with Gasteiger partial charge in [0.05, 0.1) is 17.0 Å². The van der Waals surface area contributed by atoms with Gasteiger partial charge in [-0.2, -0.15) is 0 Å². The molecule has 6 heteroatoms. The highest BCUT2D eigenvalue weighted by Crippen LogP contribution is 2.26. The molecule has 0 spiro atoms. The Morgan fingerprint density at radius 2 is 1.82 bits per heavy atom.